The molecule has 2 aromatic heterocycles. The molecule has 0 aliphatic heterocycles. The van der Waals surface area contributed by atoms with Gasteiger partial charge in [-0.2, -0.15) is 0 Å². The van der Waals surface area contributed by atoms with Crippen LogP contribution in [-0.2, 0) is 22.7 Å². The molecule has 2 heterocycles. The van der Waals surface area contributed by atoms with Gasteiger partial charge in [-0.15, -0.1) is 0 Å². The molecule has 4 heteroatoms. The van der Waals surface area contributed by atoms with Crippen molar-refractivity contribution < 1.29 is 7.85 Å². The number of phenolic OH excluding ortho intramolecular Hbond substituents is 1. The molecule has 7 aromatic carbocycles. The highest BCUT2D eigenvalue weighted by atomic mass is 16.3. The van der Waals surface area contributed by atoms with Crippen molar-refractivity contribution >= 4 is 11.0 Å². The molecule has 0 radical (unpaired) electrons. The van der Waals surface area contributed by atoms with E-state index in [-0.39, 0.29) is 22.0 Å². The number of benzene rings is 7. The number of para-hydroxylation sites is 1. The lowest BCUT2D eigenvalue weighted by atomic mass is 9.76. The first-order chi connectivity index (χ1) is 37.1. The smallest absolute Gasteiger partial charge is 0.149 e. The van der Waals surface area contributed by atoms with Crippen molar-refractivity contribution in [3.8, 4) is 67.5 Å². The van der Waals surface area contributed by atoms with E-state index in [1.165, 1.54) is 36.8 Å². The molecule has 4 nitrogen and oxygen atoms in total. The molecule has 0 atom stereocenters. The predicted molar refractivity (Wildman–Crippen MR) is 320 cm³/mol. The first-order valence-electron chi connectivity index (χ1n) is 29.0. The largest absolute Gasteiger partial charge is 0.507 e. The number of aromatic hydroxyl groups is 1. The number of nitrogens with zero attached hydrogens (tertiary/aromatic N) is 3. The van der Waals surface area contributed by atoms with Crippen molar-refractivity contribution in [2.75, 3.05) is 0 Å². The zero-order chi connectivity index (χ0) is 54.8. The first kappa shape index (κ1) is 48.6. The molecule has 0 unspecified atom stereocenters. The summed E-state index contributed by atoms with van der Waals surface area (Å²) < 4.78 is 21.2. The standard InChI is InChI=1S/C72H77N3O/c1-70(2,3)58-42-56(41-57(43-58)64-44-55(37-38-73-64)53-34-32-52(33-35-53)51-30-28-50(29-31-51)49-21-12-10-13-22-49)60-25-18-26-66-67(60)74-69(62-45-59(71(4,5)6)46-63(68(62)76)72(7,8)9)75(66)65-36-27-48(39-47-19-16-17-20-47)40-61(65)54-23-14-11-15-24-54/h10-15,18,21-27,32-38,40-47,50-51,76H,16-17,19-20,28-31,39H2,1-9H3/i50D,51D. The van der Waals surface area contributed by atoms with Crippen molar-refractivity contribution in [3.05, 3.63) is 203 Å². The number of hydrogen-bond donors (Lipinski definition) is 1. The molecule has 11 rings (SSSR count). The Hall–Kier alpha value is -7.04. The van der Waals surface area contributed by atoms with Crippen LogP contribution >= 0.6 is 0 Å². The Morgan fingerprint density at radius 3 is 1.80 bits per heavy atom. The molecular formula is C72H77N3O. The maximum atomic E-state index is 12.7. The molecule has 2 fully saturated rings. The Morgan fingerprint density at radius 1 is 0.513 bits per heavy atom. The zero-order valence-corrected chi connectivity index (χ0v) is 46.4. The molecular weight excluding hydrogens is 923 g/mol. The van der Waals surface area contributed by atoms with Gasteiger partial charge in [0.2, 0.25) is 0 Å². The fourth-order valence-electron chi connectivity index (χ4n) is 12.0. The van der Waals surface area contributed by atoms with Gasteiger partial charge in [0, 0.05) is 31.2 Å². The second-order valence-corrected chi connectivity index (χ2v) is 25.1. The molecule has 0 bridgehead atoms. The molecule has 9 aromatic rings. The SMILES string of the molecule is [2H]C1(c2ccccc2)CCC([2H])(c2ccc(-c3ccnc(-c4cc(-c5cccc6c5nc(-c5cc(C(C)(C)C)cc(C(C)(C)C)c5O)n6-c5ccc(CC6CCCC6)cc5-c5ccccc5)cc(C(C)(C)C)c4)c3)cc2)CC1. The predicted octanol–water partition coefficient (Wildman–Crippen LogP) is 19.5. The number of hydrogen-bond acceptors (Lipinski definition) is 3. The van der Waals surface area contributed by atoms with Gasteiger partial charge in [0.1, 0.15) is 11.6 Å². The summed E-state index contributed by atoms with van der Waals surface area (Å²) in [5, 5.41) is 12.7. The van der Waals surface area contributed by atoms with Crippen LogP contribution in [0, 0.1) is 5.92 Å². The van der Waals surface area contributed by atoms with E-state index in [1.807, 2.05) is 24.4 Å². The Morgan fingerprint density at radius 2 is 1.14 bits per heavy atom. The maximum Gasteiger partial charge on any atom is 0.149 e. The van der Waals surface area contributed by atoms with Crippen LogP contribution in [0.25, 0.3) is 72.7 Å². The molecule has 386 valence electrons. The van der Waals surface area contributed by atoms with Crippen molar-refractivity contribution in [3.63, 3.8) is 0 Å². The van der Waals surface area contributed by atoms with E-state index in [4.69, 9.17) is 9.97 Å². The number of aromatic nitrogens is 3. The Balaban J connectivity index is 1.04. The summed E-state index contributed by atoms with van der Waals surface area (Å²) in [5.41, 5.74) is 17.9. The summed E-state index contributed by atoms with van der Waals surface area (Å²) in [7, 11) is 0. The molecule has 0 saturated heterocycles. The lowest BCUT2D eigenvalue weighted by molar-refractivity contribution is 0.396. The summed E-state index contributed by atoms with van der Waals surface area (Å²) in [6.07, 6.45) is 10.8. The number of phenols is 1. The fraction of sp³-hybridized carbons (Fsp3) is 0.333. The van der Waals surface area contributed by atoms with Gasteiger partial charge in [-0.05, 0) is 165 Å². The highest BCUT2D eigenvalue weighted by Crippen LogP contribution is 2.47. The van der Waals surface area contributed by atoms with Gasteiger partial charge in [0.15, 0.2) is 0 Å². The molecule has 1 N–H and O–H groups in total. The van der Waals surface area contributed by atoms with Crippen molar-refractivity contribution in [2.24, 2.45) is 5.92 Å². The van der Waals surface area contributed by atoms with E-state index in [0.29, 0.717) is 37.4 Å². The molecule has 0 amide bonds. The molecule has 0 spiro atoms. The second kappa shape index (κ2) is 20.5. The molecule has 76 heavy (non-hydrogen) atoms. The molecule has 2 aliphatic rings. The minimum Gasteiger partial charge on any atom is -0.507 e. The lowest BCUT2D eigenvalue weighted by Gasteiger charge is -2.29. The average Bonchev–Trinajstić information content (AvgIpc) is 4.27. The van der Waals surface area contributed by atoms with Crippen molar-refractivity contribution in [2.45, 2.75) is 148 Å². The molecule has 2 aliphatic carbocycles. The monoisotopic (exact) mass is 1000 g/mol. The first-order valence-corrected chi connectivity index (χ1v) is 28.0. The van der Waals surface area contributed by atoms with Gasteiger partial charge < -0.3 is 5.11 Å². The summed E-state index contributed by atoms with van der Waals surface area (Å²) in [4.78, 5) is 10.8. The molecule has 2 saturated carbocycles. The third kappa shape index (κ3) is 10.5. The summed E-state index contributed by atoms with van der Waals surface area (Å²) in [5.74, 6) is 0.301. The normalized spacial score (nSPS) is 19.0. The number of imidazole rings is 1. The van der Waals surface area contributed by atoms with Crippen LogP contribution in [0.4, 0.5) is 0 Å². The van der Waals surface area contributed by atoms with Crippen LogP contribution in [0.5, 0.6) is 5.75 Å². The maximum absolute atomic E-state index is 12.7. The Labute approximate surface area is 456 Å². The summed E-state index contributed by atoms with van der Waals surface area (Å²) in [6, 6.07) is 58.7. The van der Waals surface area contributed by atoms with Gasteiger partial charge in [-0.1, -0.05) is 203 Å². The van der Waals surface area contributed by atoms with E-state index in [1.54, 1.807) is 0 Å². The van der Waals surface area contributed by atoms with Gasteiger partial charge >= 0.3 is 0 Å². The highest BCUT2D eigenvalue weighted by molar-refractivity contribution is 5.98. The minimum atomic E-state index is -0.722. The van der Waals surface area contributed by atoms with Gasteiger partial charge in [0.25, 0.3) is 0 Å². The van der Waals surface area contributed by atoms with E-state index in [2.05, 4.69) is 212 Å². The fourth-order valence-corrected chi connectivity index (χ4v) is 12.0. The van der Waals surface area contributed by atoms with Crippen LogP contribution in [0.15, 0.2) is 170 Å². The van der Waals surface area contributed by atoms with E-state index in [9.17, 15) is 7.85 Å². The van der Waals surface area contributed by atoms with Crippen LogP contribution < -0.4 is 0 Å². The topological polar surface area (TPSA) is 50.9 Å². The van der Waals surface area contributed by atoms with E-state index >= 15 is 0 Å². The van der Waals surface area contributed by atoms with Gasteiger partial charge in [-0.3, -0.25) is 9.55 Å². The van der Waals surface area contributed by atoms with E-state index < -0.39 is 11.8 Å². The summed E-state index contributed by atoms with van der Waals surface area (Å²) in [6.45, 7) is 20.1. The van der Waals surface area contributed by atoms with Crippen molar-refractivity contribution in [1.82, 2.24) is 14.5 Å². The average molecular weight is 1000 g/mol. The van der Waals surface area contributed by atoms with Gasteiger partial charge in [0.05, 0.1) is 28.0 Å². The van der Waals surface area contributed by atoms with Crippen LogP contribution in [-0.4, -0.2) is 19.6 Å². The minimum absolute atomic E-state index is 0.184. The lowest BCUT2D eigenvalue weighted by Crippen LogP contribution is -2.17. The van der Waals surface area contributed by atoms with Gasteiger partial charge in [-0.25, -0.2) is 4.98 Å². The Bertz CT molecular complexity index is 3630. The third-order valence-electron chi connectivity index (χ3n) is 16.5. The quantitative estimate of drug-likeness (QED) is 0.149. The number of pyridine rings is 1. The van der Waals surface area contributed by atoms with Crippen LogP contribution in [0.3, 0.4) is 0 Å². The van der Waals surface area contributed by atoms with Crippen LogP contribution in [0.2, 0.25) is 0 Å². The Kier molecular flexibility index (Phi) is 13.1. The van der Waals surface area contributed by atoms with E-state index in [0.717, 1.165) is 95.6 Å². The zero-order valence-electron chi connectivity index (χ0n) is 48.4. The highest BCUT2D eigenvalue weighted by Gasteiger charge is 2.30. The second-order valence-electron chi connectivity index (χ2n) is 25.1. The van der Waals surface area contributed by atoms with Crippen molar-refractivity contribution in [1.29, 1.82) is 0 Å². The number of fused-ring (bicyclic) bond motifs is 1. The summed E-state index contributed by atoms with van der Waals surface area (Å²) >= 11 is 0. The third-order valence-corrected chi connectivity index (χ3v) is 16.5. The van der Waals surface area contributed by atoms with Crippen LogP contribution in [0.1, 0.15) is 162 Å². The number of rotatable bonds is 10.